The molecule has 35 heavy (non-hydrogen) atoms. The maximum absolute atomic E-state index is 13.2. The number of benzene rings is 1. The van der Waals surface area contributed by atoms with Crippen LogP contribution in [0.15, 0.2) is 41.8 Å². The van der Waals surface area contributed by atoms with Crippen molar-refractivity contribution in [2.75, 3.05) is 39.3 Å². The Bertz CT molecular complexity index is 1120. The summed E-state index contributed by atoms with van der Waals surface area (Å²) < 4.78 is 0. The maximum atomic E-state index is 13.2. The van der Waals surface area contributed by atoms with E-state index in [1.807, 2.05) is 29.2 Å². The van der Waals surface area contributed by atoms with E-state index in [1.54, 1.807) is 11.3 Å². The zero-order valence-corrected chi connectivity index (χ0v) is 20.8. The van der Waals surface area contributed by atoms with Gasteiger partial charge in [0.25, 0.3) is 5.91 Å². The van der Waals surface area contributed by atoms with Crippen molar-refractivity contribution in [1.29, 1.82) is 0 Å². The van der Waals surface area contributed by atoms with Crippen molar-refractivity contribution in [2.24, 2.45) is 11.3 Å². The fourth-order valence-electron chi connectivity index (χ4n) is 6.21. The van der Waals surface area contributed by atoms with Gasteiger partial charge in [0.05, 0.1) is 12.5 Å². The van der Waals surface area contributed by atoms with Crippen molar-refractivity contribution in [2.45, 2.75) is 38.3 Å². The summed E-state index contributed by atoms with van der Waals surface area (Å²) in [6.45, 7) is 5.90. The van der Waals surface area contributed by atoms with E-state index in [9.17, 15) is 14.4 Å². The summed E-state index contributed by atoms with van der Waals surface area (Å²) in [4.78, 5) is 46.2. The highest BCUT2D eigenvalue weighted by atomic mass is 32.1. The van der Waals surface area contributed by atoms with Gasteiger partial charge in [0.1, 0.15) is 0 Å². The Morgan fingerprint density at radius 2 is 1.74 bits per heavy atom. The fraction of sp³-hybridized carbons (Fsp3) is 0.519. The first-order chi connectivity index (χ1) is 17.0. The summed E-state index contributed by atoms with van der Waals surface area (Å²) in [5, 5.41) is 5.07. The van der Waals surface area contributed by atoms with Crippen LogP contribution >= 0.6 is 11.3 Å². The minimum atomic E-state index is -0.240. The van der Waals surface area contributed by atoms with Crippen LogP contribution in [0.3, 0.4) is 0 Å². The average molecular weight is 493 g/mol. The third-order valence-corrected chi connectivity index (χ3v) is 9.37. The topological polar surface area (TPSA) is 73.0 Å². The van der Waals surface area contributed by atoms with Gasteiger partial charge in [-0.05, 0) is 47.8 Å². The van der Waals surface area contributed by atoms with Crippen molar-refractivity contribution in [1.82, 2.24) is 20.0 Å². The summed E-state index contributed by atoms with van der Waals surface area (Å²) in [7, 11) is 0. The number of rotatable bonds is 5. The molecule has 2 aromatic rings. The third-order valence-electron chi connectivity index (χ3n) is 8.51. The largest absolute Gasteiger partial charge is 0.345 e. The first-order valence-corrected chi connectivity index (χ1v) is 13.6. The highest BCUT2D eigenvalue weighted by molar-refractivity contribution is 7.09. The molecule has 1 aliphatic carbocycles. The first kappa shape index (κ1) is 22.7. The molecule has 3 amide bonds. The molecule has 1 aromatic heterocycles. The molecular formula is C27H32N4O3S. The number of carbonyl (C=O) groups excluding carboxylic acids is 3. The van der Waals surface area contributed by atoms with Crippen LogP contribution in [0.1, 0.15) is 52.5 Å². The monoisotopic (exact) mass is 492 g/mol. The molecule has 8 heteroatoms. The SMILES string of the molecule is O=C1N[C@@H](CC(=O)N2CCC3(CC2)C[C@H]3C(=O)N2CCN(Cc3cccs3)CC2)c2ccccc21. The van der Waals surface area contributed by atoms with Crippen molar-refractivity contribution in [3.8, 4) is 0 Å². The normalized spacial score (nSPS) is 25.4. The molecule has 3 aliphatic heterocycles. The lowest BCUT2D eigenvalue weighted by Crippen LogP contribution is -2.49. The molecule has 3 fully saturated rings. The van der Waals surface area contributed by atoms with E-state index in [-0.39, 0.29) is 29.2 Å². The Hall–Kier alpha value is -2.71. The average Bonchev–Trinajstić information content (AvgIpc) is 3.17. The summed E-state index contributed by atoms with van der Waals surface area (Å²) in [5.74, 6) is 0.449. The third kappa shape index (κ3) is 4.38. The molecule has 4 aliphatic rings. The van der Waals surface area contributed by atoms with Crippen LogP contribution in [0.5, 0.6) is 0 Å². The number of piperazine rings is 1. The summed E-state index contributed by atoms with van der Waals surface area (Å²) >= 11 is 1.79. The Labute approximate surface area is 210 Å². The molecule has 2 saturated heterocycles. The molecule has 6 rings (SSSR count). The van der Waals surface area contributed by atoms with Crippen molar-refractivity contribution < 1.29 is 14.4 Å². The molecule has 0 bridgehead atoms. The molecule has 0 unspecified atom stereocenters. The minimum Gasteiger partial charge on any atom is -0.345 e. The molecule has 0 radical (unpaired) electrons. The zero-order valence-electron chi connectivity index (χ0n) is 19.9. The van der Waals surface area contributed by atoms with Gasteiger partial charge < -0.3 is 15.1 Å². The molecule has 184 valence electrons. The number of likely N-dealkylation sites (tertiary alicyclic amines) is 1. The van der Waals surface area contributed by atoms with E-state index in [0.29, 0.717) is 31.0 Å². The lowest BCUT2D eigenvalue weighted by atomic mass is 9.90. The van der Waals surface area contributed by atoms with Gasteiger partial charge in [-0.1, -0.05) is 24.3 Å². The highest BCUT2D eigenvalue weighted by Gasteiger charge is 2.59. The van der Waals surface area contributed by atoms with Crippen molar-refractivity contribution in [3.05, 3.63) is 57.8 Å². The Morgan fingerprint density at radius 1 is 0.971 bits per heavy atom. The van der Waals surface area contributed by atoms with Crippen LogP contribution < -0.4 is 5.32 Å². The van der Waals surface area contributed by atoms with Crippen LogP contribution in [-0.2, 0) is 16.1 Å². The van der Waals surface area contributed by atoms with Crippen LogP contribution in [-0.4, -0.2) is 71.7 Å². The minimum absolute atomic E-state index is 0.0900. The lowest BCUT2D eigenvalue weighted by Gasteiger charge is -2.36. The van der Waals surface area contributed by atoms with Gasteiger partial charge in [0.15, 0.2) is 0 Å². The summed E-state index contributed by atoms with van der Waals surface area (Å²) in [6.07, 6.45) is 3.07. The number of fused-ring (bicyclic) bond motifs is 1. The van der Waals surface area contributed by atoms with Gasteiger partial charge in [-0.25, -0.2) is 0 Å². The van der Waals surface area contributed by atoms with Crippen LogP contribution in [0.2, 0.25) is 0 Å². The Balaban J connectivity index is 0.975. The van der Waals surface area contributed by atoms with Gasteiger partial charge in [-0.15, -0.1) is 11.3 Å². The van der Waals surface area contributed by atoms with Crippen molar-refractivity contribution >= 4 is 29.1 Å². The van der Waals surface area contributed by atoms with Gasteiger partial charge in [-0.3, -0.25) is 19.3 Å². The second kappa shape index (κ2) is 9.06. The molecule has 1 saturated carbocycles. The number of nitrogens with one attached hydrogen (secondary N) is 1. The lowest BCUT2D eigenvalue weighted by molar-refractivity contribution is -0.136. The van der Waals surface area contributed by atoms with E-state index < -0.39 is 0 Å². The van der Waals surface area contributed by atoms with E-state index >= 15 is 0 Å². The van der Waals surface area contributed by atoms with E-state index in [1.165, 1.54) is 4.88 Å². The Kier molecular flexibility index (Phi) is 5.89. The smallest absolute Gasteiger partial charge is 0.252 e. The van der Waals surface area contributed by atoms with Crippen LogP contribution in [0.25, 0.3) is 0 Å². The summed E-state index contributed by atoms with van der Waals surface area (Å²) in [6, 6.07) is 11.5. The maximum Gasteiger partial charge on any atom is 0.252 e. The quantitative estimate of drug-likeness (QED) is 0.697. The number of nitrogens with zero attached hydrogens (tertiary/aromatic N) is 3. The molecule has 1 N–H and O–H groups in total. The predicted octanol–water partition coefficient (Wildman–Crippen LogP) is 2.90. The zero-order chi connectivity index (χ0) is 24.0. The number of hydrogen-bond acceptors (Lipinski definition) is 5. The molecule has 1 spiro atoms. The molecule has 1 aromatic carbocycles. The van der Waals surface area contributed by atoms with Gasteiger partial charge in [0, 0.05) is 62.2 Å². The van der Waals surface area contributed by atoms with E-state index in [0.717, 1.165) is 57.5 Å². The van der Waals surface area contributed by atoms with Gasteiger partial charge >= 0.3 is 0 Å². The van der Waals surface area contributed by atoms with Crippen molar-refractivity contribution in [3.63, 3.8) is 0 Å². The number of carbonyl (C=O) groups is 3. The molecular weight excluding hydrogens is 460 g/mol. The van der Waals surface area contributed by atoms with E-state index in [4.69, 9.17) is 0 Å². The number of piperidine rings is 1. The fourth-order valence-corrected chi connectivity index (χ4v) is 6.95. The number of amides is 3. The van der Waals surface area contributed by atoms with Crippen LogP contribution in [0.4, 0.5) is 0 Å². The molecule has 2 atom stereocenters. The van der Waals surface area contributed by atoms with Gasteiger partial charge in [-0.2, -0.15) is 0 Å². The highest BCUT2D eigenvalue weighted by Crippen LogP contribution is 2.60. The van der Waals surface area contributed by atoms with E-state index in [2.05, 4.69) is 32.6 Å². The summed E-state index contributed by atoms with van der Waals surface area (Å²) in [5.41, 5.74) is 1.69. The number of thiophene rings is 1. The van der Waals surface area contributed by atoms with Crippen LogP contribution in [0, 0.1) is 11.3 Å². The standard InChI is InChI=1S/C27H32N4O3S/c32-24(16-23-20-5-1-2-6-21(20)25(33)28-23)30-9-7-27(8-10-30)17-22(27)26(34)31-13-11-29(12-14-31)18-19-4-3-15-35-19/h1-6,15,22-23H,7-14,16-18H2,(H,28,33)/t22-,23-/m0/s1. The molecule has 4 heterocycles. The number of hydrogen-bond donors (Lipinski definition) is 1. The second-order valence-corrected chi connectivity index (χ2v) is 11.5. The first-order valence-electron chi connectivity index (χ1n) is 12.7. The second-order valence-electron chi connectivity index (χ2n) is 10.5. The Morgan fingerprint density at radius 3 is 2.49 bits per heavy atom. The predicted molar refractivity (Wildman–Crippen MR) is 134 cm³/mol. The van der Waals surface area contributed by atoms with Gasteiger partial charge in [0.2, 0.25) is 11.8 Å². The molecule has 7 nitrogen and oxygen atoms in total.